The molecule has 0 aliphatic rings. The van der Waals surface area contributed by atoms with Crippen molar-refractivity contribution in [1.29, 1.82) is 0 Å². The second kappa shape index (κ2) is 45.4. The number of esters is 2. The van der Waals surface area contributed by atoms with Crippen molar-refractivity contribution >= 4 is 27.6 Å². The highest BCUT2D eigenvalue weighted by Gasteiger charge is 2.28. The van der Waals surface area contributed by atoms with E-state index in [0.29, 0.717) is 12.8 Å². The number of aliphatic hydroxyl groups is 3. The first-order chi connectivity index (χ1) is 31.8. The highest BCUT2D eigenvalue weighted by molar-refractivity contribution is 7.47. The summed E-state index contributed by atoms with van der Waals surface area (Å²) >= 11 is 0. The number of carbonyl (C=O) groups is 2. The third-order valence-electron chi connectivity index (χ3n) is 10.4. The first-order valence-corrected chi connectivity index (χ1v) is 28.0. The highest BCUT2D eigenvalue weighted by Crippen LogP contribution is 2.45. The van der Waals surface area contributed by atoms with Gasteiger partial charge in [-0.1, -0.05) is 197 Å². The molecule has 15 nitrogen and oxygen atoms in total. The van der Waals surface area contributed by atoms with E-state index in [1.165, 1.54) is 96.3 Å². The van der Waals surface area contributed by atoms with Gasteiger partial charge in [-0.25, -0.2) is 9.13 Å². The lowest BCUT2D eigenvalue weighted by molar-refractivity contribution is -0.148. The van der Waals surface area contributed by atoms with Crippen molar-refractivity contribution in [2.75, 3.05) is 39.6 Å². The van der Waals surface area contributed by atoms with Crippen LogP contribution in [-0.4, -0.2) is 95.0 Å². The quantitative estimate of drug-likeness (QED) is 0.0165. The molecule has 0 aromatic carbocycles. The van der Waals surface area contributed by atoms with Gasteiger partial charge in [-0.05, 0) is 32.1 Å². The number of rotatable bonds is 48. The molecule has 17 heteroatoms. The van der Waals surface area contributed by atoms with Crippen LogP contribution in [0.15, 0.2) is 48.6 Å². The molecule has 0 saturated heterocycles. The van der Waals surface area contributed by atoms with Gasteiger partial charge >= 0.3 is 27.6 Å². The topological polar surface area (TPSA) is 225 Å². The van der Waals surface area contributed by atoms with E-state index < -0.39 is 85.5 Å². The first-order valence-electron chi connectivity index (χ1n) is 25.0. The van der Waals surface area contributed by atoms with E-state index in [2.05, 4.69) is 39.6 Å². The van der Waals surface area contributed by atoms with Gasteiger partial charge in [-0.2, -0.15) is 0 Å². The zero-order valence-corrected chi connectivity index (χ0v) is 42.4. The Hall–Kier alpha value is -2.00. The predicted molar refractivity (Wildman–Crippen MR) is 261 cm³/mol. The van der Waals surface area contributed by atoms with Crippen LogP contribution in [0.4, 0.5) is 0 Å². The van der Waals surface area contributed by atoms with Gasteiger partial charge in [0.25, 0.3) is 0 Å². The summed E-state index contributed by atoms with van der Waals surface area (Å²) in [6.07, 6.45) is 42.4. The number of allylic oxidation sites excluding steroid dienone is 8. The van der Waals surface area contributed by atoms with Crippen LogP contribution < -0.4 is 0 Å². The molecule has 0 spiro atoms. The fourth-order valence-electron chi connectivity index (χ4n) is 6.52. The van der Waals surface area contributed by atoms with E-state index in [9.17, 15) is 43.8 Å². The Kier molecular flexibility index (Phi) is 44.1. The number of phosphoric ester groups is 2. The molecule has 0 aliphatic carbocycles. The van der Waals surface area contributed by atoms with Gasteiger partial charge in [0.1, 0.15) is 31.5 Å². The monoisotopic (exact) mass is 981 g/mol. The van der Waals surface area contributed by atoms with Gasteiger partial charge in [0.05, 0.1) is 26.4 Å². The van der Waals surface area contributed by atoms with E-state index in [0.717, 1.165) is 57.8 Å². The van der Waals surface area contributed by atoms with Crippen molar-refractivity contribution in [3.63, 3.8) is 0 Å². The van der Waals surface area contributed by atoms with Crippen molar-refractivity contribution in [2.24, 2.45) is 0 Å². The summed E-state index contributed by atoms with van der Waals surface area (Å²) in [4.78, 5) is 43.8. The summed E-state index contributed by atoms with van der Waals surface area (Å²) in [5.41, 5.74) is 0. The number of hydrogen-bond donors (Lipinski definition) is 5. The summed E-state index contributed by atoms with van der Waals surface area (Å²) < 4.78 is 53.0. The van der Waals surface area contributed by atoms with Crippen LogP contribution in [0.25, 0.3) is 0 Å². The fourth-order valence-corrected chi connectivity index (χ4v) is 8.11. The molecule has 0 rings (SSSR count). The fraction of sp³-hybridized carbons (Fsp3) is 0.796. The standard InChI is InChI=1S/C49H90O15P2/c1-3-5-7-9-11-13-15-17-19-20-21-22-24-26-28-30-32-34-36-38-49(54)60-40-46(51)42-62-66(57,58)64-44-47(52)43-63-65(55,56)61-41-45(50)39-59-48(53)37-35-33-31-29-27-25-23-18-16-14-12-10-8-6-4-2/h6,8,10,12,14,16,18,23,45-47,50-52H,3-5,7,9,11,13,15,17,19-22,24-44H2,1-2H3,(H,55,56)(H,57,58)/b8-6+,12-10+,16-14+,23-18-. The van der Waals surface area contributed by atoms with Gasteiger partial charge in [-0.3, -0.25) is 27.7 Å². The summed E-state index contributed by atoms with van der Waals surface area (Å²) in [5.74, 6) is -1.01. The average Bonchev–Trinajstić information content (AvgIpc) is 3.29. The van der Waals surface area contributed by atoms with Crippen LogP contribution >= 0.6 is 15.6 Å². The maximum Gasteiger partial charge on any atom is 0.472 e. The molecule has 5 unspecified atom stereocenters. The Morgan fingerprint density at radius 3 is 1.05 bits per heavy atom. The predicted octanol–water partition coefficient (Wildman–Crippen LogP) is 11.6. The average molecular weight is 981 g/mol. The first kappa shape index (κ1) is 64.0. The summed E-state index contributed by atoms with van der Waals surface area (Å²) in [6.45, 7) is 0.274. The molecule has 0 aromatic heterocycles. The Bertz CT molecular complexity index is 1370. The van der Waals surface area contributed by atoms with E-state index in [4.69, 9.17) is 14.0 Å². The molecule has 5 N–H and O–H groups in total. The van der Waals surface area contributed by atoms with E-state index in [1.54, 1.807) is 0 Å². The molecule has 0 aromatic rings. The number of phosphoric acid groups is 2. The molecule has 66 heavy (non-hydrogen) atoms. The lowest BCUT2D eigenvalue weighted by atomic mass is 10.0. The molecule has 386 valence electrons. The molecule has 0 saturated carbocycles. The summed E-state index contributed by atoms with van der Waals surface area (Å²) in [5, 5.41) is 30.0. The molecular formula is C49H90O15P2. The largest absolute Gasteiger partial charge is 0.472 e. The van der Waals surface area contributed by atoms with E-state index >= 15 is 0 Å². The Balaban J connectivity index is 3.87. The van der Waals surface area contributed by atoms with Crippen molar-refractivity contribution in [3.05, 3.63) is 48.6 Å². The van der Waals surface area contributed by atoms with Gasteiger partial charge in [0, 0.05) is 12.8 Å². The summed E-state index contributed by atoms with van der Waals surface area (Å²) in [7, 11) is -9.58. The number of hydrogen-bond acceptors (Lipinski definition) is 13. The minimum atomic E-state index is -4.79. The highest BCUT2D eigenvalue weighted by atomic mass is 31.2. The van der Waals surface area contributed by atoms with E-state index in [-0.39, 0.29) is 12.8 Å². The van der Waals surface area contributed by atoms with Crippen molar-refractivity contribution < 1.29 is 71.4 Å². The van der Waals surface area contributed by atoms with Gasteiger partial charge < -0.3 is 34.6 Å². The molecule has 0 heterocycles. The SMILES string of the molecule is CC/C=C/C=C/C=C/C=C\CCCCCCCC(=O)OCC(O)COP(=O)(O)OCC(O)COP(=O)(O)OCC(O)COC(=O)CCCCCCCCCCCCCCCCCCCCC. The van der Waals surface area contributed by atoms with Crippen LogP contribution in [0.2, 0.25) is 0 Å². The molecule has 0 amide bonds. The van der Waals surface area contributed by atoms with Crippen LogP contribution in [0.5, 0.6) is 0 Å². The molecule has 0 fully saturated rings. The minimum absolute atomic E-state index is 0.169. The maximum absolute atomic E-state index is 12.2. The number of ether oxygens (including phenoxy) is 2. The second-order valence-electron chi connectivity index (χ2n) is 16.9. The smallest absolute Gasteiger partial charge is 0.463 e. The number of aliphatic hydroxyl groups excluding tert-OH is 3. The third-order valence-corrected chi connectivity index (χ3v) is 12.3. The van der Waals surface area contributed by atoms with Crippen LogP contribution in [0.3, 0.4) is 0 Å². The Labute approximate surface area is 398 Å². The normalized spacial score (nSPS) is 15.4. The van der Waals surface area contributed by atoms with Gasteiger partial charge in [0.15, 0.2) is 0 Å². The summed E-state index contributed by atoms with van der Waals surface area (Å²) in [6, 6.07) is 0. The molecule has 0 radical (unpaired) electrons. The van der Waals surface area contributed by atoms with Crippen LogP contribution in [-0.2, 0) is 46.3 Å². The van der Waals surface area contributed by atoms with Crippen molar-refractivity contribution in [1.82, 2.24) is 0 Å². The van der Waals surface area contributed by atoms with Crippen molar-refractivity contribution in [3.8, 4) is 0 Å². The number of carbonyl (C=O) groups excluding carboxylic acids is 2. The zero-order chi connectivity index (χ0) is 48.8. The maximum atomic E-state index is 12.2. The molecular weight excluding hydrogens is 890 g/mol. The molecule has 0 bridgehead atoms. The van der Waals surface area contributed by atoms with Gasteiger partial charge in [-0.15, -0.1) is 0 Å². The van der Waals surface area contributed by atoms with Gasteiger partial charge in [0.2, 0.25) is 0 Å². The lowest BCUT2D eigenvalue weighted by Gasteiger charge is -2.19. The zero-order valence-electron chi connectivity index (χ0n) is 40.6. The molecule has 0 aliphatic heterocycles. The third kappa shape index (κ3) is 47.1. The Morgan fingerprint density at radius 1 is 0.409 bits per heavy atom. The minimum Gasteiger partial charge on any atom is -0.463 e. The van der Waals surface area contributed by atoms with Crippen molar-refractivity contribution in [2.45, 2.75) is 212 Å². The Morgan fingerprint density at radius 2 is 0.697 bits per heavy atom. The lowest BCUT2D eigenvalue weighted by Crippen LogP contribution is -2.25. The molecule has 5 atom stereocenters. The van der Waals surface area contributed by atoms with E-state index in [1.807, 2.05) is 36.5 Å². The second-order valence-corrected chi connectivity index (χ2v) is 19.8. The number of unbranched alkanes of at least 4 members (excludes halogenated alkanes) is 23. The van der Waals surface area contributed by atoms with Crippen LogP contribution in [0, 0.1) is 0 Å². The van der Waals surface area contributed by atoms with Crippen LogP contribution in [0.1, 0.15) is 194 Å².